The largest absolute Gasteiger partial charge is 0.478 e. The highest BCUT2D eigenvalue weighted by Crippen LogP contribution is 2.40. The molecular formula is C37H33N3O6S. The molecule has 0 saturated carbocycles. The van der Waals surface area contributed by atoms with E-state index in [9.17, 15) is 19.8 Å². The molecule has 3 N–H and O–H groups in total. The van der Waals surface area contributed by atoms with Crippen molar-refractivity contribution in [2.75, 3.05) is 5.75 Å². The summed E-state index contributed by atoms with van der Waals surface area (Å²) in [6.45, 7) is 0.315. The Hall–Kier alpha value is -4.87. The standard InChI is InChI=1S/C37H33N3O6S/c41-22-24-9-11-26(12-10-24)33-19-30(23-47-35-32(36(43)44)8-4-18-39-35)45-37(46-33)27-15-13-25(14-16-27)31-7-2-1-5-28(31)21-40-34(42)29-6-3-17-38-20-29/h1-18,20,30,33,37,41H,19,21-23H2,(H,40,42)(H,43,44)/t30-,33+,37+/m0/s1. The van der Waals surface area contributed by atoms with Crippen LogP contribution in [0.3, 0.4) is 0 Å². The number of aromatic nitrogens is 2. The number of rotatable bonds is 11. The molecule has 0 unspecified atom stereocenters. The van der Waals surface area contributed by atoms with Crippen molar-refractivity contribution in [2.45, 2.75) is 43.1 Å². The quantitative estimate of drug-likeness (QED) is 0.136. The molecule has 3 heterocycles. The van der Waals surface area contributed by atoms with Gasteiger partial charge in [0, 0.05) is 42.9 Å². The molecular weight excluding hydrogens is 614 g/mol. The van der Waals surface area contributed by atoms with Crippen LogP contribution in [0.15, 0.2) is 121 Å². The monoisotopic (exact) mass is 647 g/mol. The molecule has 238 valence electrons. The number of carboxylic acid groups (broad SMARTS) is 1. The third-order valence-corrected chi connectivity index (χ3v) is 9.03. The van der Waals surface area contributed by atoms with Crippen molar-refractivity contribution < 1.29 is 29.3 Å². The minimum Gasteiger partial charge on any atom is -0.478 e. The van der Waals surface area contributed by atoms with E-state index in [1.54, 1.807) is 42.9 Å². The lowest BCUT2D eigenvalue weighted by atomic mass is 9.97. The molecule has 6 rings (SSSR count). The van der Waals surface area contributed by atoms with Gasteiger partial charge in [-0.25, -0.2) is 9.78 Å². The van der Waals surface area contributed by atoms with Gasteiger partial charge in [0.05, 0.1) is 29.9 Å². The van der Waals surface area contributed by atoms with Gasteiger partial charge in [0.25, 0.3) is 5.91 Å². The Morgan fingerprint density at radius 1 is 0.872 bits per heavy atom. The molecule has 0 spiro atoms. The molecule has 1 aliphatic rings. The molecule has 2 aromatic heterocycles. The maximum atomic E-state index is 12.6. The average molecular weight is 648 g/mol. The van der Waals surface area contributed by atoms with Crippen molar-refractivity contribution in [3.05, 3.63) is 149 Å². The van der Waals surface area contributed by atoms with Gasteiger partial charge in [-0.15, -0.1) is 11.8 Å². The summed E-state index contributed by atoms with van der Waals surface area (Å²) in [4.78, 5) is 32.7. The highest BCUT2D eigenvalue weighted by molar-refractivity contribution is 7.99. The van der Waals surface area contributed by atoms with Crippen LogP contribution < -0.4 is 5.32 Å². The van der Waals surface area contributed by atoms with Gasteiger partial charge in [-0.1, -0.05) is 72.8 Å². The molecule has 1 saturated heterocycles. The summed E-state index contributed by atoms with van der Waals surface area (Å²) in [7, 11) is 0. The number of thioether (sulfide) groups is 1. The van der Waals surface area contributed by atoms with Crippen LogP contribution >= 0.6 is 11.8 Å². The van der Waals surface area contributed by atoms with Crippen LogP contribution in [0.4, 0.5) is 0 Å². The predicted octanol–water partition coefficient (Wildman–Crippen LogP) is 6.60. The van der Waals surface area contributed by atoms with E-state index in [0.717, 1.165) is 33.4 Å². The first-order chi connectivity index (χ1) is 23.0. The Morgan fingerprint density at radius 2 is 1.64 bits per heavy atom. The van der Waals surface area contributed by atoms with E-state index in [0.29, 0.717) is 29.3 Å². The van der Waals surface area contributed by atoms with Gasteiger partial charge in [0.1, 0.15) is 5.03 Å². The lowest BCUT2D eigenvalue weighted by Crippen LogP contribution is -2.31. The summed E-state index contributed by atoms with van der Waals surface area (Å²) in [5.74, 6) is -0.727. The van der Waals surface area contributed by atoms with Crippen LogP contribution in [0, 0.1) is 0 Å². The van der Waals surface area contributed by atoms with Crippen LogP contribution in [-0.4, -0.2) is 43.9 Å². The summed E-state index contributed by atoms with van der Waals surface area (Å²) in [5, 5.41) is 22.5. The van der Waals surface area contributed by atoms with Crippen molar-refractivity contribution in [1.82, 2.24) is 15.3 Å². The minimum absolute atomic E-state index is 0.0425. The third kappa shape index (κ3) is 7.93. The molecule has 3 aromatic carbocycles. The number of nitrogens with zero attached hydrogens (tertiary/aromatic N) is 2. The number of carboxylic acids is 1. The van der Waals surface area contributed by atoms with Gasteiger partial charge in [0.15, 0.2) is 6.29 Å². The molecule has 1 fully saturated rings. The zero-order valence-electron chi connectivity index (χ0n) is 25.4. The number of aliphatic hydroxyl groups excluding tert-OH is 1. The number of aliphatic hydroxyl groups is 1. The molecule has 10 heteroatoms. The number of aromatic carboxylic acids is 1. The van der Waals surface area contributed by atoms with Crippen molar-refractivity contribution >= 4 is 23.6 Å². The van der Waals surface area contributed by atoms with Gasteiger partial charge in [-0.2, -0.15) is 0 Å². The average Bonchev–Trinajstić information content (AvgIpc) is 3.13. The van der Waals surface area contributed by atoms with Crippen LogP contribution in [-0.2, 0) is 22.6 Å². The highest BCUT2D eigenvalue weighted by atomic mass is 32.2. The summed E-state index contributed by atoms with van der Waals surface area (Å²) in [6.07, 6.45) is 4.12. The first-order valence-corrected chi connectivity index (χ1v) is 16.1. The number of carbonyl (C=O) groups excluding carboxylic acids is 1. The van der Waals surface area contributed by atoms with Gasteiger partial charge < -0.3 is 25.0 Å². The fraction of sp³-hybridized carbons (Fsp3) is 0.189. The number of carbonyl (C=O) groups is 2. The number of hydrogen-bond donors (Lipinski definition) is 3. The van der Waals surface area contributed by atoms with Crippen molar-refractivity contribution in [1.29, 1.82) is 0 Å². The zero-order chi connectivity index (χ0) is 32.6. The molecule has 0 radical (unpaired) electrons. The van der Waals surface area contributed by atoms with E-state index in [4.69, 9.17) is 9.47 Å². The van der Waals surface area contributed by atoms with Crippen LogP contribution in [0.1, 0.15) is 61.8 Å². The SMILES string of the molecule is O=C(NCc1ccccc1-c1ccc([C@@H]2O[C@H](CSc3ncccc3C(=O)O)C[C@H](c3ccc(CO)cc3)O2)cc1)c1cccnc1. The molecule has 1 amide bonds. The van der Waals surface area contributed by atoms with Crippen molar-refractivity contribution in [2.24, 2.45) is 0 Å². The Bertz CT molecular complexity index is 1820. The second kappa shape index (κ2) is 15.1. The summed E-state index contributed by atoms with van der Waals surface area (Å²) in [6, 6.07) is 30.2. The maximum absolute atomic E-state index is 12.6. The molecule has 5 aromatic rings. The van der Waals surface area contributed by atoms with Crippen LogP contribution in [0.2, 0.25) is 0 Å². The number of nitrogens with one attached hydrogen (secondary N) is 1. The van der Waals surface area contributed by atoms with Crippen LogP contribution in [0.25, 0.3) is 11.1 Å². The number of amides is 1. The number of benzene rings is 3. The van der Waals surface area contributed by atoms with E-state index in [-0.39, 0.29) is 30.3 Å². The van der Waals surface area contributed by atoms with E-state index in [1.165, 1.54) is 11.8 Å². The molecule has 1 aliphatic heterocycles. The van der Waals surface area contributed by atoms with E-state index >= 15 is 0 Å². The van der Waals surface area contributed by atoms with Gasteiger partial charge in [-0.05, 0) is 52.1 Å². The zero-order valence-corrected chi connectivity index (χ0v) is 26.2. The fourth-order valence-electron chi connectivity index (χ4n) is 5.41. The fourth-order valence-corrected chi connectivity index (χ4v) is 6.42. The topological polar surface area (TPSA) is 131 Å². The number of hydrogen-bond acceptors (Lipinski definition) is 8. The van der Waals surface area contributed by atoms with E-state index < -0.39 is 12.3 Å². The Kier molecular flexibility index (Phi) is 10.3. The molecule has 0 bridgehead atoms. The Morgan fingerprint density at radius 3 is 2.38 bits per heavy atom. The van der Waals surface area contributed by atoms with Crippen molar-refractivity contribution in [3.63, 3.8) is 0 Å². The van der Waals surface area contributed by atoms with Crippen molar-refractivity contribution in [3.8, 4) is 11.1 Å². The second-order valence-corrected chi connectivity index (χ2v) is 12.0. The predicted molar refractivity (Wildman–Crippen MR) is 178 cm³/mol. The first kappa shape index (κ1) is 32.1. The summed E-state index contributed by atoms with van der Waals surface area (Å²) >= 11 is 1.35. The Labute approximate surface area is 276 Å². The van der Waals surface area contributed by atoms with Crippen LogP contribution in [0.5, 0.6) is 0 Å². The normalized spacial score (nSPS) is 17.6. The van der Waals surface area contributed by atoms with E-state index in [2.05, 4.69) is 15.3 Å². The molecule has 0 aliphatic carbocycles. The summed E-state index contributed by atoms with van der Waals surface area (Å²) in [5.41, 5.74) is 6.23. The Balaban J connectivity index is 1.20. The molecule has 47 heavy (non-hydrogen) atoms. The highest BCUT2D eigenvalue weighted by Gasteiger charge is 2.32. The van der Waals surface area contributed by atoms with Gasteiger partial charge in [-0.3, -0.25) is 9.78 Å². The second-order valence-electron chi connectivity index (χ2n) is 11.0. The minimum atomic E-state index is -1.02. The molecule has 3 atom stereocenters. The van der Waals surface area contributed by atoms with E-state index in [1.807, 2.05) is 72.8 Å². The van der Waals surface area contributed by atoms with Gasteiger partial charge >= 0.3 is 5.97 Å². The smallest absolute Gasteiger partial charge is 0.338 e. The molecule has 9 nitrogen and oxygen atoms in total. The number of pyridine rings is 2. The lowest BCUT2D eigenvalue weighted by Gasteiger charge is -2.36. The first-order valence-electron chi connectivity index (χ1n) is 15.2. The lowest BCUT2D eigenvalue weighted by molar-refractivity contribution is -0.245. The van der Waals surface area contributed by atoms with Gasteiger partial charge in [0.2, 0.25) is 0 Å². The number of ether oxygens (including phenoxy) is 2. The summed E-state index contributed by atoms with van der Waals surface area (Å²) < 4.78 is 13.0. The third-order valence-electron chi connectivity index (χ3n) is 7.90. The maximum Gasteiger partial charge on any atom is 0.338 e.